The van der Waals surface area contributed by atoms with Gasteiger partial charge in [-0.25, -0.2) is 0 Å². The molecule has 0 aromatic carbocycles. The molecule has 12 heavy (non-hydrogen) atoms. The topological polar surface area (TPSA) is 52.9 Å². The van der Waals surface area contributed by atoms with Gasteiger partial charge in [0.05, 0.1) is 6.07 Å². The van der Waals surface area contributed by atoms with Crippen molar-refractivity contribution in [2.45, 2.75) is 26.2 Å². The lowest BCUT2D eigenvalue weighted by molar-refractivity contribution is -0.121. The van der Waals surface area contributed by atoms with Gasteiger partial charge in [-0.2, -0.15) is 5.26 Å². The minimum Gasteiger partial charge on any atom is -0.355 e. The molecule has 0 bridgehead atoms. The van der Waals surface area contributed by atoms with Crippen LogP contribution in [0.25, 0.3) is 0 Å². The van der Waals surface area contributed by atoms with Gasteiger partial charge < -0.3 is 5.32 Å². The fourth-order valence-corrected chi connectivity index (χ4v) is 0.934. The maximum absolute atomic E-state index is 10.7. The molecule has 2 rings (SSSR count). The second-order valence-corrected chi connectivity index (χ2v) is 3.39. The number of rotatable bonds is 0. The maximum atomic E-state index is 10.7. The van der Waals surface area contributed by atoms with Crippen LogP contribution in [-0.2, 0) is 4.79 Å². The Labute approximate surface area is 72.8 Å². The van der Waals surface area contributed by atoms with E-state index in [9.17, 15) is 4.79 Å². The molecule has 0 radical (unpaired) electrons. The van der Waals surface area contributed by atoms with Crippen LogP contribution in [0.15, 0.2) is 0 Å². The molecular weight excluding hydrogens is 152 g/mol. The Hall–Kier alpha value is -1.04. The standard InChI is InChI=1S/C6H8N2O.C3H6/c1-4-3-8-6(9)5(4)2-7;1-2-3-1/h4-5H,3H2,1H3,(H,8,9);1-3H2. The van der Waals surface area contributed by atoms with Crippen molar-refractivity contribution in [3.63, 3.8) is 0 Å². The summed E-state index contributed by atoms with van der Waals surface area (Å²) in [6, 6.07) is 1.95. The van der Waals surface area contributed by atoms with Gasteiger partial charge in [-0.1, -0.05) is 26.2 Å². The quantitative estimate of drug-likeness (QED) is 0.585. The average molecular weight is 166 g/mol. The molecule has 2 fully saturated rings. The predicted molar refractivity (Wildman–Crippen MR) is 45.1 cm³/mol. The Morgan fingerprint density at radius 3 is 2.25 bits per heavy atom. The van der Waals surface area contributed by atoms with Crippen molar-refractivity contribution in [3.05, 3.63) is 0 Å². The van der Waals surface area contributed by atoms with Gasteiger partial charge in [0.2, 0.25) is 5.91 Å². The second-order valence-electron chi connectivity index (χ2n) is 3.39. The maximum Gasteiger partial charge on any atom is 0.237 e. The van der Waals surface area contributed by atoms with Crippen LogP contribution in [0, 0.1) is 23.2 Å². The van der Waals surface area contributed by atoms with Crippen LogP contribution in [0.2, 0.25) is 0 Å². The van der Waals surface area contributed by atoms with E-state index in [0.29, 0.717) is 6.54 Å². The van der Waals surface area contributed by atoms with Gasteiger partial charge in [0, 0.05) is 6.54 Å². The summed E-state index contributed by atoms with van der Waals surface area (Å²) in [4.78, 5) is 10.7. The van der Waals surface area contributed by atoms with Gasteiger partial charge in [0.15, 0.2) is 0 Å². The Bertz CT molecular complexity index is 202. The third kappa shape index (κ3) is 2.54. The van der Waals surface area contributed by atoms with Gasteiger partial charge >= 0.3 is 0 Å². The van der Waals surface area contributed by atoms with Crippen LogP contribution in [-0.4, -0.2) is 12.5 Å². The highest BCUT2D eigenvalue weighted by molar-refractivity contribution is 5.83. The Morgan fingerprint density at radius 2 is 2.08 bits per heavy atom. The molecule has 1 saturated carbocycles. The van der Waals surface area contributed by atoms with Crippen LogP contribution < -0.4 is 5.32 Å². The largest absolute Gasteiger partial charge is 0.355 e. The molecule has 2 unspecified atom stereocenters. The van der Waals surface area contributed by atoms with E-state index < -0.39 is 5.92 Å². The molecule has 1 heterocycles. The highest BCUT2D eigenvalue weighted by atomic mass is 16.2. The number of nitriles is 1. The third-order valence-corrected chi connectivity index (χ3v) is 1.94. The molecule has 1 saturated heterocycles. The summed E-state index contributed by atoms with van der Waals surface area (Å²) in [5.41, 5.74) is 0. The summed E-state index contributed by atoms with van der Waals surface area (Å²) in [5.74, 6) is -0.350. The van der Waals surface area contributed by atoms with Gasteiger partial charge in [-0.05, 0) is 5.92 Å². The van der Waals surface area contributed by atoms with E-state index in [1.165, 1.54) is 19.3 Å². The van der Waals surface area contributed by atoms with Crippen LogP contribution in [0.1, 0.15) is 26.2 Å². The minimum absolute atomic E-state index is 0.120. The number of amides is 1. The Balaban J connectivity index is 0.000000200. The minimum atomic E-state index is -0.412. The summed E-state index contributed by atoms with van der Waals surface area (Å²) in [6.45, 7) is 2.54. The van der Waals surface area contributed by atoms with Crippen LogP contribution in [0.4, 0.5) is 0 Å². The van der Waals surface area contributed by atoms with E-state index in [2.05, 4.69) is 5.32 Å². The fourth-order valence-electron chi connectivity index (χ4n) is 0.934. The van der Waals surface area contributed by atoms with Gasteiger partial charge in [0.25, 0.3) is 0 Å². The zero-order valence-corrected chi connectivity index (χ0v) is 7.34. The van der Waals surface area contributed by atoms with E-state index in [1.54, 1.807) is 0 Å². The van der Waals surface area contributed by atoms with Crippen molar-refractivity contribution in [1.82, 2.24) is 5.32 Å². The van der Waals surface area contributed by atoms with E-state index in [-0.39, 0.29) is 11.8 Å². The number of carbonyl (C=O) groups excluding carboxylic acids is 1. The summed E-state index contributed by atoms with van der Waals surface area (Å²) < 4.78 is 0. The Kier molecular flexibility index (Phi) is 3.09. The number of hydrogen-bond acceptors (Lipinski definition) is 2. The van der Waals surface area contributed by atoms with Crippen molar-refractivity contribution < 1.29 is 4.79 Å². The Morgan fingerprint density at radius 1 is 1.50 bits per heavy atom. The van der Waals surface area contributed by atoms with Crippen LogP contribution in [0.3, 0.4) is 0 Å². The molecule has 66 valence electrons. The van der Waals surface area contributed by atoms with E-state index in [0.717, 1.165) is 0 Å². The molecule has 1 amide bonds. The molecule has 0 spiro atoms. The van der Waals surface area contributed by atoms with Crippen molar-refractivity contribution in [2.75, 3.05) is 6.54 Å². The van der Waals surface area contributed by atoms with Crippen molar-refractivity contribution >= 4 is 5.91 Å². The zero-order valence-electron chi connectivity index (χ0n) is 7.34. The monoisotopic (exact) mass is 166 g/mol. The first-order valence-corrected chi connectivity index (χ1v) is 4.43. The molecule has 1 aliphatic heterocycles. The summed E-state index contributed by atoms with van der Waals surface area (Å²) in [5, 5.41) is 11.0. The number of nitrogens with zero attached hydrogens (tertiary/aromatic N) is 1. The van der Waals surface area contributed by atoms with Crippen molar-refractivity contribution in [1.29, 1.82) is 5.26 Å². The van der Waals surface area contributed by atoms with Crippen LogP contribution >= 0.6 is 0 Å². The average Bonchev–Trinajstić information content (AvgIpc) is 2.86. The normalized spacial score (nSPS) is 31.2. The van der Waals surface area contributed by atoms with E-state index in [1.807, 2.05) is 13.0 Å². The third-order valence-electron chi connectivity index (χ3n) is 1.94. The first-order valence-electron chi connectivity index (χ1n) is 4.43. The molecule has 3 nitrogen and oxygen atoms in total. The molecule has 3 heteroatoms. The highest BCUT2D eigenvalue weighted by Crippen LogP contribution is 2.15. The first-order chi connectivity index (χ1) is 5.75. The van der Waals surface area contributed by atoms with Gasteiger partial charge in [-0.3, -0.25) is 4.79 Å². The lowest BCUT2D eigenvalue weighted by Gasteiger charge is -1.98. The lowest BCUT2D eigenvalue weighted by Crippen LogP contribution is -2.17. The fraction of sp³-hybridized carbons (Fsp3) is 0.778. The molecule has 2 atom stereocenters. The zero-order chi connectivity index (χ0) is 8.97. The van der Waals surface area contributed by atoms with Gasteiger partial charge in [-0.15, -0.1) is 0 Å². The molecule has 1 N–H and O–H groups in total. The predicted octanol–water partition coefficient (Wildman–Crippen LogP) is 1.06. The summed E-state index contributed by atoms with van der Waals surface area (Å²) >= 11 is 0. The molecule has 1 aliphatic carbocycles. The smallest absolute Gasteiger partial charge is 0.237 e. The molecule has 2 aliphatic rings. The molecular formula is C9H14N2O. The molecule has 0 aromatic heterocycles. The number of nitrogens with one attached hydrogen (secondary N) is 1. The molecule has 0 aromatic rings. The summed E-state index contributed by atoms with van der Waals surface area (Å²) in [6.07, 6.45) is 4.50. The van der Waals surface area contributed by atoms with E-state index >= 15 is 0 Å². The SMILES string of the molecule is C1CC1.CC1CNC(=O)C1C#N. The van der Waals surface area contributed by atoms with Crippen molar-refractivity contribution in [3.8, 4) is 6.07 Å². The van der Waals surface area contributed by atoms with E-state index in [4.69, 9.17) is 5.26 Å². The number of hydrogen-bond donors (Lipinski definition) is 1. The van der Waals surface area contributed by atoms with Crippen molar-refractivity contribution in [2.24, 2.45) is 11.8 Å². The number of carbonyl (C=O) groups is 1. The van der Waals surface area contributed by atoms with Crippen LogP contribution in [0.5, 0.6) is 0 Å². The highest BCUT2D eigenvalue weighted by Gasteiger charge is 2.30. The summed E-state index contributed by atoms with van der Waals surface area (Å²) in [7, 11) is 0. The van der Waals surface area contributed by atoms with Gasteiger partial charge in [0.1, 0.15) is 5.92 Å². The second kappa shape index (κ2) is 4.10. The first kappa shape index (κ1) is 9.05. The lowest BCUT2D eigenvalue weighted by atomic mass is 10.00.